The second kappa shape index (κ2) is 6.28. The summed E-state index contributed by atoms with van der Waals surface area (Å²) in [7, 11) is 1.94. The van der Waals surface area contributed by atoms with Gasteiger partial charge in [-0.05, 0) is 47.0 Å². The first-order valence-corrected chi connectivity index (χ1v) is 7.90. The van der Waals surface area contributed by atoms with E-state index in [-0.39, 0.29) is 11.6 Å². The van der Waals surface area contributed by atoms with E-state index in [2.05, 4.69) is 22.7 Å². The zero-order chi connectivity index (χ0) is 16.4. The molecular weight excluding hydrogens is 280 g/mol. The van der Waals surface area contributed by atoms with Gasteiger partial charge in [0, 0.05) is 31.4 Å². The lowest BCUT2D eigenvalue weighted by Crippen LogP contribution is -2.59. The second-order valence-electron chi connectivity index (χ2n) is 7.24. The van der Waals surface area contributed by atoms with E-state index < -0.39 is 5.60 Å². The number of alkyl carbamates (subject to hydrolysis) is 1. The van der Waals surface area contributed by atoms with Crippen LogP contribution in [0.25, 0.3) is 0 Å². The van der Waals surface area contributed by atoms with E-state index in [4.69, 9.17) is 4.74 Å². The van der Waals surface area contributed by atoms with Crippen LogP contribution in [-0.2, 0) is 18.3 Å². The lowest BCUT2D eigenvalue weighted by atomic mass is 9.76. The third-order valence-electron chi connectivity index (χ3n) is 4.19. The molecule has 1 aromatic heterocycles. The van der Waals surface area contributed by atoms with Crippen molar-refractivity contribution in [2.45, 2.75) is 64.6 Å². The van der Waals surface area contributed by atoms with Gasteiger partial charge in [-0.2, -0.15) is 5.10 Å². The third-order valence-corrected chi connectivity index (χ3v) is 4.19. The molecule has 1 aliphatic carbocycles. The first-order valence-electron chi connectivity index (χ1n) is 7.90. The fourth-order valence-corrected chi connectivity index (χ4v) is 2.62. The average molecular weight is 308 g/mol. The van der Waals surface area contributed by atoms with E-state index >= 15 is 0 Å². The van der Waals surface area contributed by atoms with Gasteiger partial charge in [0.15, 0.2) is 0 Å². The average Bonchev–Trinajstić information content (AvgIpc) is 2.65. The van der Waals surface area contributed by atoms with E-state index in [1.807, 2.05) is 38.7 Å². The molecule has 0 atom stereocenters. The second-order valence-corrected chi connectivity index (χ2v) is 7.24. The van der Waals surface area contributed by atoms with Gasteiger partial charge >= 0.3 is 6.09 Å². The van der Waals surface area contributed by atoms with Gasteiger partial charge in [0.05, 0.1) is 11.7 Å². The number of rotatable bonds is 5. The third kappa shape index (κ3) is 4.22. The van der Waals surface area contributed by atoms with Crippen LogP contribution in [0.2, 0.25) is 0 Å². The predicted molar refractivity (Wildman–Crippen MR) is 85.6 cm³/mol. The number of nitrogens with one attached hydrogen (secondary N) is 2. The molecule has 0 unspecified atom stereocenters. The highest BCUT2D eigenvalue weighted by atomic mass is 16.6. The van der Waals surface area contributed by atoms with E-state index in [1.54, 1.807) is 0 Å². The molecule has 22 heavy (non-hydrogen) atoms. The fourth-order valence-electron chi connectivity index (χ4n) is 2.62. The van der Waals surface area contributed by atoms with Gasteiger partial charge in [-0.15, -0.1) is 0 Å². The molecule has 0 saturated heterocycles. The molecule has 1 aliphatic rings. The van der Waals surface area contributed by atoms with Crippen molar-refractivity contribution in [2.24, 2.45) is 7.05 Å². The summed E-state index contributed by atoms with van der Waals surface area (Å²) in [5.41, 5.74) is 1.72. The summed E-state index contributed by atoms with van der Waals surface area (Å²) in [6, 6.07) is 0. The lowest BCUT2D eigenvalue weighted by Gasteiger charge is -2.42. The molecule has 2 rings (SSSR count). The molecule has 1 fully saturated rings. The van der Waals surface area contributed by atoms with E-state index in [0.717, 1.165) is 38.0 Å². The first kappa shape index (κ1) is 16.8. The van der Waals surface area contributed by atoms with E-state index in [9.17, 15) is 4.79 Å². The number of hydrogen-bond acceptors (Lipinski definition) is 4. The van der Waals surface area contributed by atoms with E-state index in [1.165, 1.54) is 5.56 Å². The van der Waals surface area contributed by atoms with Crippen LogP contribution in [0.3, 0.4) is 0 Å². The molecule has 0 radical (unpaired) electrons. The zero-order valence-electron chi connectivity index (χ0n) is 14.3. The molecule has 1 heterocycles. The Morgan fingerprint density at radius 2 is 2.14 bits per heavy atom. The standard InChI is InChI=1S/C16H28N4O2/c1-12-13(10-18-20(12)5)9-17-11-16(7-6-8-16)19-14(21)22-15(2,3)4/h10,17H,6-9,11H2,1-5H3,(H,19,21). The summed E-state index contributed by atoms with van der Waals surface area (Å²) in [5, 5.41) is 10.7. The minimum absolute atomic E-state index is 0.168. The number of hydrogen-bond donors (Lipinski definition) is 2. The lowest BCUT2D eigenvalue weighted by molar-refractivity contribution is 0.0382. The number of ether oxygens (including phenoxy) is 1. The van der Waals surface area contributed by atoms with Crippen molar-refractivity contribution < 1.29 is 9.53 Å². The van der Waals surface area contributed by atoms with Gasteiger partial charge < -0.3 is 15.4 Å². The zero-order valence-corrected chi connectivity index (χ0v) is 14.3. The summed E-state index contributed by atoms with van der Waals surface area (Å²) in [6.45, 7) is 9.20. The van der Waals surface area contributed by atoms with Crippen molar-refractivity contribution in [1.82, 2.24) is 20.4 Å². The summed E-state index contributed by atoms with van der Waals surface area (Å²) in [5.74, 6) is 0. The first-order chi connectivity index (χ1) is 10.2. The van der Waals surface area contributed by atoms with Crippen molar-refractivity contribution in [3.63, 3.8) is 0 Å². The molecule has 0 aliphatic heterocycles. The number of aromatic nitrogens is 2. The summed E-state index contributed by atoms with van der Waals surface area (Å²) in [6.07, 6.45) is 4.68. The van der Waals surface area contributed by atoms with Crippen LogP contribution in [-0.4, -0.2) is 33.6 Å². The summed E-state index contributed by atoms with van der Waals surface area (Å²) >= 11 is 0. The van der Waals surface area contributed by atoms with Crippen LogP contribution >= 0.6 is 0 Å². The molecule has 2 N–H and O–H groups in total. The van der Waals surface area contributed by atoms with Crippen molar-refractivity contribution in [3.05, 3.63) is 17.5 Å². The van der Waals surface area contributed by atoms with Crippen molar-refractivity contribution in [2.75, 3.05) is 6.54 Å². The topological polar surface area (TPSA) is 68.2 Å². The Morgan fingerprint density at radius 1 is 1.45 bits per heavy atom. The number of carbonyl (C=O) groups is 1. The monoisotopic (exact) mass is 308 g/mol. The molecular formula is C16H28N4O2. The highest BCUT2D eigenvalue weighted by Crippen LogP contribution is 2.31. The maximum absolute atomic E-state index is 12.0. The van der Waals surface area contributed by atoms with Crippen molar-refractivity contribution in [3.8, 4) is 0 Å². The normalized spacial score (nSPS) is 17.0. The molecule has 1 aromatic rings. The van der Waals surface area contributed by atoms with Gasteiger partial charge in [-0.3, -0.25) is 4.68 Å². The Balaban J connectivity index is 1.83. The van der Waals surface area contributed by atoms with Gasteiger partial charge in [0.1, 0.15) is 5.60 Å². The molecule has 0 bridgehead atoms. The van der Waals surface area contributed by atoms with Crippen molar-refractivity contribution in [1.29, 1.82) is 0 Å². The largest absolute Gasteiger partial charge is 0.444 e. The van der Waals surface area contributed by atoms with Gasteiger partial charge in [0.2, 0.25) is 0 Å². The number of nitrogens with zero attached hydrogens (tertiary/aromatic N) is 2. The predicted octanol–water partition coefficient (Wildman–Crippen LogP) is 2.27. The minimum atomic E-state index is -0.463. The van der Waals surface area contributed by atoms with Crippen LogP contribution in [0.1, 0.15) is 51.3 Å². The van der Waals surface area contributed by atoms with Crippen LogP contribution in [0.15, 0.2) is 6.20 Å². The van der Waals surface area contributed by atoms with Crippen molar-refractivity contribution >= 4 is 6.09 Å². The molecule has 6 nitrogen and oxygen atoms in total. The summed E-state index contributed by atoms with van der Waals surface area (Å²) in [4.78, 5) is 12.0. The molecule has 0 spiro atoms. The van der Waals surface area contributed by atoms with Crippen LogP contribution in [0.5, 0.6) is 0 Å². The summed E-state index contributed by atoms with van der Waals surface area (Å²) < 4.78 is 7.24. The fraction of sp³-hybridized carbons (Fsp3) is 0.750. The Hall–Kier alpha value is -1.56. The molecule has 0 aromatic carbocycles. The highest BCUT2D eigenvalue weighted by Gasteiger charge is 2.39. The Labute approximate surface area is 132 Å². The van der Waals surface area contributed by atoms with Gasteiger partial charge in [-0.1, -0.05) is 0 Å². The minimum Gasteiger partial charge on any atom is -0.444 e. The number of carbonyl (C=O) groups excluding carboxylic acids is 1. The maximum atomic E-state index is 12.0. The number of aryl methyl sites for hydroxylation is 1. The van der Waals surface area contributed by atoms with E-state index in [0.29, 0.717) is 0 Å². The van der Waals surface area contributed by atoms with Crippen LogP contribution in [0, 0.1) is 6.92 Å². The Bertz CT molecular complexity index is 527. The smallest absolute Gasteiger partial charge is 0.408 e. The molecule has 1 saturated carbocycles. The Morgan fingerprint density at radius 3 is 2.59 bits per heavy atom. The highest BCUT2D eigenvalue weighted by molar-refractivity contribution is 5.69. The molecule has 124 valence electrons. The van der Waals surface area contributed by atoms with Gasteiger partial charge in [-0.25, -0.2) is 4.79 Å². The van der Waals surface area contributed by atoms with Gasteiger partial charge in [0.25, 0.3) is 0 Å². The maximum Gasteiger partial charge on any atom is 0.408 e. The molecule has 1 amide bonds. The quantitative estimate of drug-likeness (QED) is 0.875. The number of amides is 1. The van der Waals surface area contributed by atoms with Crippen LogP contribution < -0.4 is 10.6 Å². The Kier molecular flexibility index (Phi) is 4.80. The SMILES string of the molecule is Cc1c(CNCC2(NC(=O)OC(C)(C)C)CCC2)cnn1C. The molecule has 6 heteroatoms. The van der Waals surface area contributed by atoms with Crippen LogP contribution in [0.4, 0.5) is 4.79 Å².